The Morgan fingerprint density at radius 3 is 2.92 bits per heavy atom. The Morgan fingerprint density at radius 1 is 1.67 bits per heavy atom. The highest BCUT2D eigenvalue weighted by atomic mass is 19.1. The molecule has 70 valence electrons. The molecule has 0 amide bonds. The first-order chi connectivity index (χ1) is 5.70. The zero-order valence-corrected chi connectivity index (χ0v) is 6.83. The van der Waals surface area contributed by atoms with E-state index < -0.39 is 12.1 Å². The van der Waals surface area contributed by atoms with E-state index in [0.717, 1.165) is 19.3 Å². The van der Waals surface area contributed by atoms with E-state index >= 15 is 0 Å². The molecule has 1 aliphatic rings. The number of aliphatic carboxylic acids is 1. The minimum atomic E-state index is -1.77. The molecule has 3 nitrogen and oxygen atoms in total. The molecule has 0 aromatic rings. The molecular formula is C8H13FO3. The Balaban J connectivity index is 2.24. The third-order valence-corrected chi connectivity index (χ3v) is 2.01. The van der Waals surface area contributed by atoms with Crippen LogP contribution in [0.25, 0.3) is 0 Å². The number of alkyl halides is 1. The molecule has 0 bridgehead atoms. The molecule has 0 radical (unpaired) electrons. The van der Waals surface area contributed by atoms with Gasteiger partial charge < -0.3 is 9.84 Å². The lowest BCUT2D eigenvalue weighted by atomic mass is 10.0. The normalized spacial score (nSPS) is 26.6. The van der Waals surface area contributed by atoms with E-state index in [4.69, 9.17) is 9.84 Å². The lowest BCUT2D eigenvalue weighted by Crippen LogP contribution is -2.26. The first kappa shape index (κ1) is 9.45. The van der Waals surface area contributed by atoms with Crippen LogP contribution in [0, 0.1) is 0 Å². The molecule has 0 saturated carbocycles. The highest BCUT2D eigenvalue weighted by Crippen LogP contribution is 2.18. The predicted octanol–water partition coefficient (Wildman–Crippen LogP) is 1.37. The van der Waals surface area contributed by atoms with Gasteiger partial charge in [0.05, 0.1) is 6.10 Å². The maximum atomic E-state index is 12.6. The largest absolute Gasteiger partial charge is 0.479 e. The molecular weight excluding hydrogens is 163 g/mol. The summed E-state index contributed by atoms with van der Waals surface area (Å²) in [5, 5.41) is 8.28. The van der Waals surface area contributed by atoms with Gasteiger partial charge in [0.25, 0.3) is 0 Å². The number of ether oxygens (including phenoxy) is 1. The number of hydrogen-bond acceptors (Lipinski definition) is 2. The first-order valence-corrected chi connectivity index (χ1v) is 4.18. The van der Waals surface area contributed by atoms with Crippen molar-refractivity contribution in [3.8, 4) is 0 Å². The summed E-state index contributed by atoms with van der Waals surface area (Å²) >= 11 is 0. The van der Waals surface area contributed by atoms with Crippen LogP contribution < -0.4 is 0 Å². The summed E-state index contributed by atoms with van der Waals surface area (Å²) in [6, 6.07) is 0. The summed E-state index contributed by atoms with van der Waals surface area (Å²) in [5.74, 6) is -1.39. The molecule has 1 N–H and O–H groups in total. The Kier molecular flexibility index (Phi) is 3.47. The summed E-state index contributed by atoms with van der Waals surface area (Å²) in [4.78, 5) is 10.1. The minimum absolute atomic E-state index is 0.00463. The van der Waals surface area contributed by atoms with Crippen molar-refractivity contribution in [2.45, 2.75) is 38.0 Å². The van der Waals surface area contributed by atoms with Gasteiger partial charge in [0.1, 0.15) is 0 Å². The van der Waals surface area contributed by atoms with Gasteiger partial charge in [-0.05, 0) is 19.3 Å². The van der Waals surface area contributed by atoms with Crippen molar-refractivity contribution in [1.82, 2.24) is 0 Å². The Morgan fingerprint density at radius 2 is 2.42 bits per heavy atom. The van der Waals surface area contributed by atoms with Crippen molar-refractivity contribution in [3.05, 3.63) is 0 Å². The monoisotopic (exact) mass is 176 g/mol. The number of carboxylic acid groups (broad SMARTS) is 1. The fourth-order valence-electron chi connectivity index (χ4n) is 1.32. The molecule has 1 saturated heterocycles. The molecule has 1 fully saturated rings. The van der Waals surface area contributed by atoms with Crippen molar-refractivity contribution < 1.29 is 19.0 Å². The molecule has 4 heteroatoms. The van der Waals surface area contributed by atoms with E-state index in [1.807, 2.05) is 0 Å². The van der Waals surface area contributed by atoms with Gasteiger partial charge in [-0.15, -0.1) is 0 Å². The van der Waals surface area contributed by atoms with Crippen LogP contribution in [0.2, 0.25) is 0 Å². The van der Waals surface area contributed by atoms with E-state index in [1.54, 1.807) is 0 Å². The fraction of sp³-hybridized carbons (Fsp3) is 0.875. The van der Waals surface area contributed by atoms with Crippen LogP contribution in [0.5, 0.6) is 0 Å². The smallest absolute Gasteiger partial charge is 0.338 e. The van der Waals surface area contributed by atoms with E-state index in [9.17, 15) is 9.18 Å². The van der Waals surface area contributed by atoms with E-state index in [1.165, 1.54) is 0 Å². The van der Waals surface area contributed by atoms with Crippen LogP contribution in [0.3, 0.4) is 0 Å². The van der Waals surface area contributed by atoms with Crippen molar-refractivity contribution in [1.29, 1.82) is 0 Å². The summed E-state index contributed by atoms with van der Waals surface area (Å²) in [6.45, 7) is 0.636. The first-order valence-electron chi connectivity index (χ1n) is 4.18. The summed E-state index contributed by atoms with van der Waals surface area (Å²) in [6.07, 6.45) is 0.832. The van der Waals surface area contributed by atoms with Crippen LogP contribution >= 0.6 is 0 Å². The van der Waals surface area contributed by atoms with E-state index in [2.05, 4.69) is 0 Å². The van der Waals surface area contributed by atoms with Crippen molar-refractivity contribution >= 4 is 5.97 Å². The molecule has 2 atom stereocenters. The van der Waals surface area contributed by atoms with Gasteiger partial charge >= 0.3 is 5.97 Å². The van der Waals surface area contributed by atoms with Crippen LogP contribution in [-0.4, -0.2) is 30.0 Å². The standard InChI is InChI=1S/C8H13FO3/c9-7(8(10)11)5-6-3-1-2-4-12-6/h6-7H,1-5H2,(H,10,11)/t6-,7+/m0/s1. The van der Waals surface area contributed by atoms with Gasteiger partial charge in [-0.25, -0.2) is 9.18 Å². The number of rotatable bonds is 3. The van der Waals surface area contributed by atoms with Crippen molar-refractivity contribution in [3.63, 3.8) is 0 Å². The number of hydrogen-bond donors (Lipinski definition) is 1. The highest BCUT2D eigenvalue weighted by Gasteiger charge is 2.23. The number of carboxylic acids is 1. The third-order valence-electron chi connectivity index (χ3n) is 2.01. The maximum absolute atomic E-state index is 12.6. The van der Waals surface area contributed by atoms with Gasteiger partial charge in [-0.3, -0.25) is 0 Å². The molecule has 0 aromatic carbocycles. The lowest BCUT2D eigenvalue weighted by Gasteiger charge is -2.22. The van der Waals surface area contributed by atoms with Gasteiger partial charge in [-0.1, -0.05) is 0 Å². The lowest BCUT2D eigenvalue weighted by molar-refractivity contribution is -0.144. The van der Waals surface area contributed by atoms with Crippen LogP contribution in [0.15, 0.2) is 0 Å². The molecule has 0 aliphatic carbocycles. The second kappa shape index (κ2) is 4.40. The van der Waals surface area contributed by atoms with Gasteiger partial charge in [0, 0.05) is 13.0 Å². The zero-order chi connectivity index (χ0) is 8.97. The SMILES string of the molecule is O=C(O)[C@H](F)C[C@@H]1CCCCO1. The quantitative estimate of drug-likeness (QED) is 0.706. The molecule has 0 unspecified atom stereocenters. The topological polar surface area (TPSA) is 46.5 Å². The average Bonchev–Trinajstić information content (AvgIpc) is 2.06. The third kappa shape index (κ3) is 2.77. The molecule has 0 aromatic heterocycles. The Bertz CT molecular complexity index is 154. The fourth-order valence-corrected chi connectivity index (χ4v) is 1.32. The zero-order valence-electron chi connectivity index (χ0n) is 6.83. The summed E-state index contributed by atoms with van der Waals surface area (Å²) in [5.41, 5.74) is 0. The van der Waals surface area contributed by atoms with Crippen LogP contribution in [0.1, 0.15) is 25.7 Å². The van der Waals surface area contributed by atoms with Gasteiger partial charge in [0.15, 0.2) is 6.17 Å². The number of halogens is 1. The minimum Gasteiger partial charge on any atom is -0.479 e. The predicted molar refractivity (Wildman–Crippen MR) is 40.7 cm³/mol. The second-order valence-corrected chi connectivity index (χ2v) is 3.03. The average molecular weight is 176 g/mol. The molecule has 12 heavy (non-hydrogen) atoms. The van der Waals surface area contributed by atoms with E-state index in [-0.39, 0.29) is 12.5 Å². The molecule has 1 aliphatic heterocycles. The van der Waals surface area contributed by atoms with Crippen LogP contribution in [0.4, 0.5) is 4.39 Å². The highest BCUT2D eigenvalue weighted by molar-refractivity contribution is 5.72. The maximum Gasteiger partial charge on any atom is 0.338 e. The van der Waals surface area contributed by atoms with Crippen molar-refractivity contribution in [2.24, 2.45) is 0 Å². The van der Waals surface area contributed by atoms with Crippen LogP contribution in [-0.2, 0) is 9.53 Å². The number of carbonyl (C=O) groups is 1. The second-order valence-electron chi connectivity index (χ2n) is 3.03. The van der Waals surface area contributed by atoms with Gasteiger partial charge in [0.2, 0.25) is 0 Å². The Hall–Kier alpha value is -0.640. The molecule has 1 heterocycles. The molecule has 0 spiro atoms. The summed E-state index contributed by atoms with van der Waals surface area (Å²) in [7, 11) is 0. The summed E-state index contributed by atoms with van der Waals surface area (Å²) < 4.78 is 17.8. The Labute approximate surface area is 70.5 Å². The van der Waals surface area contributed by atoms with Crippen molar-refractivity contribution in [2.75, 3.05) is 6.61 Å². The molecule has 1 rings (SSSR count). The van der Waals surface area contributed by atoms with E-state index in [0.29, 0.717) is 6.61 Å². The van der Waals surface area contributed by atoms with Gasteiger partial charge in [-0.2, -0.15) is 0 Å².